The molecule has 4 aliphatic rings. The summed E-state index contributed by atoms with van der Waals surface area (Å²) in [4.78, 5) is 22.8. The van der Waals surface area contributed by atoms with Crippen LogP contribution in [0.1, 0.15) is 71.6 Å². The first kappa shape index (κ1) is 21.4. The van der Waals surface area contributed by atoms with Crippen LogP contribution in [-0.2, 0) is 9.59 Å². The van der Waals surface area contributed by atoms with E-state index in [2.05, 4.69) is 32.6 Å². The van der Waals surface area contributed by atoms with Gasteiger partial charge in [-0.05, 0) is 90.9 Å². The van der Waals surface area contributed by atoms with Gasteiger partial charge >= 0.3 is 11.9 Å². The summed E-state index contributed by atoms with van der Waals surface area (Å²) in [5, 5.41) is 18.7. The minimum absolute atomic E-state index is 0.0608. The predicted octanol–water partition coefficient (Wildman–Crippen LogP) is 5.85. The molecule has 30 heavy (non-hydrogen) atoms. The van der Waals surface area contributed by atoms with Gasteiger partial charge in [-0.15, -0.1) is 6.58 Å². The first-order valence-corrected chi connectivity index (χ1v) is 11.6. The van der Waals surface area contributed by atoms with E-state index in [1.54, 1.807) is 0 Å². The molecule has 2 fully saturated rings. The molecule has 0 spiro atoms. The highest BCUT2D eigenvalue weighted by Crippen LogP contribution is 2.67. The normalized spacial score (nSPS) is 42.3. The Morgan fingerprint density at radius 2 is 1.90 bits per heavy atom. The van der Waals surface area contributed by atoms with E-state index in [-0.39, 0.29) is 17.3 Å². The molecule has 7 atom stereocenters. The van der Waals surface area contributed by atoms with Gasteiger partial charge < -0.3 is 10.2 Å². The van der Waals surface area contributed by atoms with Crippen LogP contribution in [0.2, 0.25) is 0 Å². The van der Waals surface area contributed by atoms with Gasteiger partial charge in [-0.1, -0.05) is 37.6 Å². The van der Waals surface area contributed by atoms with Crippen LogP contribution in [0.4, 0.5) is 0 Å². The summed E-state index contributed by atoms with van der Waals surface area (Å²) in [6, 6.07) is 0. The lowest BCUT2D eigenvalue weighted by molar-refractivity contribution is -0.140. The highest BCUT2D eigenvalue weighted by molar-refractivity contribution is 5.70. The predicted molar refractivity (Wildman–Crippen MR) is 117 cm³/mol. The van der Waals surface area contributed by atoms with Crippen molar-refractivity contribution in [2.75, 3.05) is 0 Å². The molecular weight excluding hydrogens is 376 g/mol. The molecule has 0 amide bonds. The Bertz CT molecular complexity index is 808. The van der Waals surface area contributed by atoms with Gasteiger partial charge in [0.1, 0.15) is 0 Å². The quantitative estimate of drug-likeness (QED) is 0.536. The van der Waals surface area contributed by atoms with Crippen molar-refractivity contribution < 1.29 is 19.8 Å². The topological polar surface area (TPSA) is 74.6 Å². The molecular formula is C26H36O4. The van der Waals surface area contributed by atoms with Crippen molar-refractivity contribution in [1.29, 1.82) is 0 Å². The van der Waals surface area contributed by atoms with Crippen LogP contribution in [0.15, 0.2) is 36.0 Å². The molecule has 0 saturated heterocycles. The van der Waals surface area contributed by atoms with Crippen molar-refractivity contribution in [2.24, 2.45) is 40.4 Å². The fourth-order valence-electron chi connectivity index (χ4n) is 8.12. The van der Waals surface area contributed by atoms with Crippen LogP contribution in [-0.4, -0.2) is 22.2 Å². The molecule has 2 saturated carbocycles. The molecule has 2 unspecified atom stereocenters. The lowest BCUT2D eigenvalue weighted by atomic mass is 9.45. The first-order chi connectivity index (χ1) is 14.2. The van der Waals surface area contributed by atoms with Gasteiger partial charge in [0.2, 0.25) is 0 Å². The Morgan fingerprint density at radius 1 is 1.13 bits per heavy atom. The maximum absolute atomic E-state index is 11.4. The number of rotatable bonds is 6. The first-order valence-electron chi connectivity index (χ1n) is 11.6. The maximum Gasteiger partial charge on any atom is 0.307 e. The summed E-state index contributed by atoms with van der Waals surface area (Å²) in [6.07, 6.45) is 14.3. The fraction of sp³-hybridized carbons (Fsp3) is 0.692. The molecule has 0 bridgehead atoms. The van der Waals surface area contributed by atoms with Gasteiger partial charge in [0.05, 0.1) is 6.42 Å². The van der Waals surface area contributed by atoms with Crippen molar-refractivity contribution in [2.45, 2.75) is 71.6 Å². The van der Waals surface area contributed by atoms with Crippen LogP contribution in [0.3, 0.4) is 0 Å². The Kier molecular flexibility index (Phi) is 5.48. The van der Waals surface area contributed by atoms with E-state index in [1.807, 2.05) is 6.08 Å². The van der Waals surface area contributed by atoms with E-state index in [9.17, 15) is 19.8 Å². The number of hydrogen-bond donors (Lipinski definition) is 2. The Morgan fingerprint density at radius 3 is 2.57 bits per heavy atom. The highest BCUT2D eigenvalue weighted by atomic mass is 16.4. The highest BCUT2D eigenvalue weighted by Gasteiger charge is 2.59. The smallest absolute Gasteiger partial charge is 0.307 e. The number of hydrogen-bond acceptors (Lipinski definition) is 2. The van der Waals surface area contributed by atoms with Gasteiger partial charge in [-0.25, -0.2) is 0 Å². The van der Waals surface area contributed by atoms with Crippen LogP contribution in [0, 0.1) is 40.4 Å². The van der Waals surface area contributed by atoms with Crippen LogP contribution in [0.5, 0.6) is 0 Å². The average Bonchev–Trinajstić information content (AvgIpc) is 2.98. The molecule has 0 aromatic carbocycles. The number of fused-ring (bicyclic) bond motifs is 5. The van der Waals surface area contributed by atoms with Crippen LogP contribution >= 0.6 is 0 Å². The average molecular weight is 413 g/mol. The molecule has 0 heterocycles. The summed E-state index contributed by atoms with van der Waals surface area (Å²) in [5.41, 5.74) is 2.60. The van der Waals surface area contributed by atoms with Crippen molar-refractivity contribution >= 4 is 11.9 Å². The zero-order valence-corrected chi connectivity index (χ0v) is 18.4. The van der Waals surface area contributed by atoms with Crippen LogP contribution in [0.25, 0.3) is 0 Å². The second kappa shape index (κ2) is 7.69. The monoisotopic (exact) mass is 412 g/mol. The zero-order chi connectivity index (χ0) is 21.7. The molecule has 0 aromatic heterocycles. The van der Waals surface area contributed by atoms with Gasteiger partial charge in [0.25, 0.3) is 0 Å². The third kappa shape index (κ3) is 3.27. The molecule has 0 radical (unpaired) electrons. The van der Waals surface area contributed by atoms with Crippen LogP contribution < -0.4 is 0 Å². The number of aliphatic carboxylic acids is 2. The molecule has 4 nitrogen and oxygen atoms in total. The number of carbonyl (C=O) groups is 2. The third-order valence-corrected chi connectivity index (χ3v) is 9.60. The molecule has 2 N–H and O–H groups in total. The molecule has 0 aliphatic heterocycles. The van der Waals surface area contributed by atoms with E-state index in [0.29, 0.717) is 36.0 Å². The van der Waals surface area contributed by atoms with Gasteiger partial charge in [-0.2, -0.15) is 0 Å². The van der Waals surface area contributed by atoms with Crippen molar-refractivity contribution in [3.05, 3.63) is 36.0 Å². The summed E-state index contributed by atoms with van der Waals surface area (Å²) >= 11 is 0. The fourth-order valence-corrected chi connectivity index (χ4v) is 8.12. The van der Waals surface area contributed by atoms with Crippen molar-refractivity contribution in [3.8, 4) is 0 Å². The molecule has 4 aliphatic carbocycles. The number of allylic oxidation sites excluding steroid dienone is 4. The number of carboxylic acid groups (broad SMARTS) is 2. The van der Waals surface area contributed by atoms with E-state index in [4.69, 9.17) is 0 Å². The largest absolute Gasteiger partial charge is 0.481 e. The lowest BCUT2D eigenvalue weighted by Crippen LogP contribution is -2.52. The van der Waals surface area contributed by atoms with Gasteiger partial charge in [0.15, 0.2) is 0 Å². The molecule has 164 valence electrons. The second-order valence-corrected chi connectivity index (χ2v) is 10.8. The third-order valence-electron chi connectivity index (χ3n) is 9.60. The minimum atomic E-state index is -0.750. The van der Waals surface area contributed by atoms with Crippen molar-refractivity contribution in [1.82, 2.24) is 0 Å². The molecule has 4 heteroatoms. The summed E-state index contributed by atoms with van der Waals surface area (Å²) in [5.74, 6) is 1.09. The summed E-state index contributed by atoms with van der Waals surface area (Å²) in [7, 11) is 0. The standard InChI is InChI=1S/C26H36O4/c1-4-5-18-12-16(14-23(27)28)13-19-6-8-20-21-9-7-17(15-24(29)30)25(21,2)11-10-22(20)26(18,19)3/h4,6,13,17-18,20-22H,1,5,7-12,14-15H2,2-3H3,(H,27,28)(H,29,30)/t17?,18?,20-,21-,22-,25+,26-/m0/s1. The minimum Gasteiger partial charge on any atom is -0.481 e. The molecule has 4 rings (SSSR count). The Hall–Kier alpha value is -1.84. The zero-order valence-electron chi connectivity index (χ0n) is 18.4. The summed E-state index contributed by atoms with van der Waals surface area (Å²) in [6.45, 7) is 8.79. The summed E-state index contributed by atoms with van der Waals surface area (Å²) < 4.78 is 0. The number of carboxylic acids is 2. The molecule has 0 aromatic rings. The van der Waals surface area contributed by atoms with E-state index in [1.165, 1.54) is 5.57 Å². The van der Waals surface area contributed by atoms with Gasteiger partial charge in [-0.3, -0.25) is 9.59 Å². The Balaban J connectivity index is 1.68. The van der Waals surface area contributed by atoms with E-state index < -0.39 is 11.9 Å². The SMILES string of the molecule is C=CCC1CC(CC(=O)O)=CC2=CC[C@H]3[C@@H]4CCC(CC(=O)O)[C@@]4(C)CC[C@@H]3[C@]21C. The van der Waals surface area contributed by atoms with Crippen molar-refractivity contribution in [3.63, 3.8) is 0 Å². The Labute approximate surface area is 180 Å². The second-order valence-electron chi connectivity index (χ2n) is 10.8. The lowest BCUT2D eigenvalue weighted by Gasteiger charge is -2.59. The van der Waals surface area contributed by atoms with E-state index in [0.717, 1.165) is 50.5 Å². The van der Waals surface area contributed by atoms with E-state index >= 15 is 0 Å². The maximum atomic E-state index is 11.4. The van der Waals surface area contributed by atoms with Gasteiger partial charge in [0, 0.05) is 6.42 Å².